The summed E-state index contributed by atoms with van der Waals surface area (Å²) in [5.41, 5.74) is 1.67. The van der Waals surface area contributed by atoms with Crippen molar-refractivity contribution >= 4 is 11.7 Å². The second-order valence-electron chi connectivity index (χ2n) is 3.42. The number of hydrogen-bond donors (Lipinski definition) is 0. The van der Waals surface area contributed by atoms with E-state index in [0.29, 0.717) is 18.9 Å². The number of nitrogens with zero attached hydrogens (tertiary/aromatic N) is 1. The van der Waals surface area contributed by atoms with E-state index in [2.05, 4.69) is 17.1 Å². The van der Waals surface area contributed by atoms with Crippen molar-refractivity contribution in [1.29, 1.82) is 0 Å². The molecule has 3 nitrogen and oxygen atoms in total. The second kappa shape index (κ2) is 6.77. The summed E-state index contributed by atoms with van der Waals surface area (Å²) in [6, 6.07) is 10.1. The fraction of sp³-hybridized carbons (Fsp3) is 0.385. The van der Waals surface area contributed by atoms with Crippen LogP contribution in [0.15, 0.2) is 35.3 Å². The third-order valence-corrected chi connectivity index (χ3v) is 2.16. The number of ether oxygens (including phenoxy) is 1. The second-order valence-corrected chi connectivity index (χ2v) is 3.42. The van der Waals surface area contributed by atoms with Crippen LogP contribution in [0.2, 0.25) is 0 Å². The molecule has 0 saturated heterocycles. The van der Waals surface area contributed by atoms with Crippen LogP contribution in [0.1, 0.15) is 19.4 Å². The van der Waals surface area contributed by atoms with Gasteiger partial charge in [-0.15, -0.1) is 0 Å². The van der Waals surface area contributed by atoms with E-state index in [0.717, 1.165) is 6.42 Å². The molecular formula is C13H17NO2. The smallest absolute Gasteiger partial charge is 0.351 e. The number of benzene rings is 1. The first-order valence-corrected chi connectivity index (χ1v) is 5.46. The van der Waals surface area contributed by atoms with Crippen molar-refractivity contribution in [2.24, 2.45) is 4.99 Å². The van der Waals surface area contributed by atoms with Crippen molar-refractivity contribution in [2.75, 3.05) is 13.2 Å². The molecule has 0 aromatic heterocycles. The lowest BCUT2D eigenvalue weighted by atomic mass is 10.1. The van der Waals surface area contributed by atoms with Gasteiger partial charge in [0.15, 0.2) is 0 Å². The predicted octanol–water partition coefficient (Wildman–Crippen LogP) is 2.25. The third kappa shape index (κ3) is 4.26. The molecule has 0 N–H and O–H groups in total. The Labute approximate surface area is 96.2 Å². The van der Waals surface area contributed by atoms with Crippen molar-refractivity contribution in [2.45, 2.75) is 20.3 Å². The molecule has 0 saturated carbocycles. The molecule has 3 heteroatoms. The van der Waals surface area contributed by atoms with E-state index in [1.54, 1.807) is 13.8 Å². The molecule has 0 spiro atoms. The molecule has 0 atom stereocenters. The lowest BCUT2D eigenvalue weighted by Gasteiger charge is -2.01. The van der Waals surface area contributed by atoms with Gasteiger partial charge in [0.1, 0.15) is 5.71 Å². The van der Waals surface area contributed by atoms with Crippen LogP contribution in [0.4, 0.5) is 0 Å². The van der Waals surface area contributed by atoms with Crippen molar-refractivity contribution in [3.05, 3.63) is 35.9 Å². The quantitative estimate of drug-likeness (QED) is 0.562. The zero-order chi connectivity index (χ0) is 11.8. The Morgan fingerprint density at radius 2 is 2.00 bits per heavy atom. The highest BCUT2D eigenvalue weighted by molar-refractivity contribution is 6.35. The van der Waals surface area contributed by atoms with E-state index in [1.165, 1.54) is 5.56 Å². The van der Waals surface area contributed by atoms with Crippen LogP contribution in [0.25, 0.3) is 0 Å². The monoisotopic (exact) mass is 219 g/mol. The highest BCUT2D eigenvalue weighted by Gasteiger charge is 2.04. The van der Waals surface area contributed by atoms with Crippen LogP contribution in [0.5, 0.6) is 0 Å². The Kier molecular flexibility index (Phi) is 5.26. The molecule has 0 aliphatic heterocycles. The van der Waals surface area contributed by atoms with Gasteiger partial charge in [-0.2, -0.15) is 0 Å². The third-order valence-electron chi connectivity index (χ3n) is 2.16. The summed E-state index contributed by atoms with van der Waals surface area (Å²) >= 11 is 0. The van der Waals surface area contributed by atoms with Crippen molar-refractivity contribution in [1.82, 2.24) is 0 Å². The molecule has 0 fully saturated rings. The minimum Gasteiger partial charge on any atom is -0.462 e. The van der Waals surface area contributed by atoms with Crippen LogP contribution in [0.3, 0.4) is 0 Å². The average Bonchev–Trinajstić information content (AvgIpc) is 2.30. The number of carbonyl (C=O) groups excluding carboxylic acids is 1. The Hall–Kier alpha value is -1.64. The zero-order valence-corrected chi connectivity index (χ0v) is 9.77. The molecule has 1 aromatic carbocycles. The van der Waals surface area contributed by atoms with Gasteiger partial charge in [-0.3, -0.25) is 4.99 Å². The summed E-state index contributed by atoms with van der Waals surface area (Å²) in [5, 5.41) is 0. The number of rotatable bonds is 5. The number of hydrogen-bond acceptors (Lipinski definition) is 3. The number of carbonyl (C=O) groups is 1. The minimum atomic E-state index is -0.324. The van der Waals surface area contributed by atoms with Crippen LogP contribution >= 0.6 is 0 Å². The van der Waals surface area contributed by atoms with Gasteiger partial charge < -0.3 is 4.74 Å². The topological polar surface area (TPSA) is 38.7 Å². The Bertz CT molecular complexity index is 357. The van der Waals surface area contributed by atoms with E-state index in [-0.39, 0.29) is 5.97 Å². The van der Waals surface area contributed by atoms with Gasteiger partial charge in [0.2, 0.25) is 0 Å². The highest BCUT2D eigenvalue weighted by atomic mass is 16.5. The highest BCUT2D eigenvalue weighted by Crippen LogP contribution is 1.99. The summed E-state index contributed by atoms with van der Waals surface area (Å²) < 4.78 is 4.84. The summed E-state index contributed by atoms with van der Waals surface area (Å²) in [7, 11) is 0. The number of aliphatic imine (C=N–C) groups is 1. The number of esters is 1. The van der Waals surface area contributed by atoms with Gasteiger partial charge in [-0.1, -0.05) is 30.3 Å². The maximum Gasteiger partial charge on any atom is 0.351 e. The largest absolute Gasteiger partial charge is 0.462 e. The summed E-state index contributed by atoms with van der Waals surface area (Å²) in [6.07, 6.45) is 0.845. The summed E-state index contributed by atoms with van der Waals surface area (Å²) in [4.78, 5) is 15.4. The molecule has 1 rings (SSSR count). The molecule has 0 aliphatic rings. The SMILES string of the molecule is CCOC(=O)C(C)=NCCc1ccccc1. The van der Waals surface area contributed by atoms with Gasteiger partial charge in [0, 0.05) is 6.54 Å². The van der Waals surface area contributed by atoms with Gasteiger partial charge in [0.25, 0.3) is 0 Å². The molecular weight excluding hydrogens is 202 g/mol. The minimum absolute atomic E-state index is 0.324. The van der Waals surface area contributed by atoms with E-state index >= 15 is 0 Å². The van der Waals surface area contributed by atoms with E-state index < -0.39 is 0 Å². The first-order valence-electron chi connectivity index (χ1n) is 5.46. The normalized spacial score (nSPS) is 11.2. The van der Waals surface area contributed by atoms with E-state index in [4.69, 9.17) is 4.74 Å². The molecule has 0 aliphatic carbocycles. The maximum absolute atomic E-state index is 11.2. The van der Waals surface area contributed by atoms with Gasteiger partial charge in [0.05, 0.1) is 6.61 Å². The molecule has 0 radical (unpaired) electrons. The first-order chi connectivity index (χ1) is 7.74. The van der Waals surface area contributed by atoms with Crippen LogP contribution in [-0.2, 0) is 16.0 Å². The van der Waals surface area contributed by atoms with Crippen molar-refractivity contribution in [3.63, 3.8) is 0 Å². The summed E-state index contributed by atoms with van der Waals surface area (Å²) in [6.45, 7) is 4.48. The standard InChI is InChI=1S/C13H17NO2/c1-3-16-13(15)11(2)14-10-9-12-7-5-4-6-8-12/h4-8H,3,9-10H2,1-2H3. The lowest BCUT2D eigenvalue weighted by molar-refractivity contribution is -0.135. The van der Waals surface area contributed by atoms with E-state index in [1.807, 2.05) is 18.2 Å². The Morgan fingerprint density at radius 3 is 2.62 bits per heavy atom. The maximum atomic E-state index is 11.2. The predicted molar refractivity (Wildman–Crippen MR) is 64.8 cm³/mol. The molecule has 1 aromatic rings. The molecule has 0 amide bonds. The van der Waals surface area contributed by atoms with Crippen LogP contribution in [-0.4, -0.2) is 24.8 Å². The van der Waals surface area contributed by atoms with E-state index in [9.17, 15) is 4.79 Å². The molecule has 86 valence electrons. The van der Waals surface area contributed by atoms with Gasteiger partial charge in [-0.05, 0) is 25.8 Å². The Balaban J connectivity index is 2.39. The fourth-order valence-corrected chi connectivity index (χ4v) is 1.30. The van der Waals surface area contributed by atoms with Gasteiger partial charge >= 0.3 is 5.97 Å². The zero-order valence-electron chi connectivity index (χ0n) is 9.77. The van der Waals surface area contributed by atoms with Crippen molar-refractivity contribution < 1.29 is 9.53 Å². The average molecular weight is 219 g/mol. The fourth-order valence-electron chi connectivity index (χ4n) is 1.30. The molecule has 16 heavy (non-hydrogen) atoms. The summed E-state index contributed by atoms with van der Waals surface area (Å²) in [5.74, 6) is -0.324. The molecule has 0 bridgehead atoms. The molecule has 0 heterocycles. The van der Waals surface area contributed by atoms with Gasteiger partial charge in [-0.25, -0.2) is 4.79 Å². The Morgan fingerprint density at radius 1 is 1.31 bits per heavy atom. The first kappa shape index (κ1) is 12.4. The van der Waals surface area contributed by atoms with Crippen LogP contribution < -0.4 is 0 Å². The molecule has 0 unspecified atom stereocenters. The van der Waals surface area contributed by atoms with Crippen LogP contribution in [0, 0.1) is 0 Å². The lowest BCUT2D eigenvalue weighted by Crippen LogP contribution is -2.14. The van der Waals surface area contributed by atoms with Crippen molar-refractivity contribution in [3.8, 4) is 0 Å².